The maximum atomic E-state index is 14.4. The van der Waals surface area contributed by atoms with Gasteiger partial charge in [0, 0.05) is 47.0 Å². The Morgan fingerprint density at radius 1 is 0.906 bits per heavy atom. The number of rotatable bonds is 5. The Bertz CT molecular complexity index is 1210. The highest BCUT2D eigenvalue weighted by molar-refractivity contribution is 5.67. The molecule has 1 aliphatic rings. The van der Waals surface area contributed by atoms with Crippen molar-refractivity contribution in [1.82, 2.24) is 25.3 Å². The normalized spacial score (nSPS) is 17.0. The van der Waals surface area contributed by atoms with Gasteiger partial charge in [0.1, 0.15) is 17.5 Å². The first-order chi connectivity index (χ1) is 15.6. The van der Waals surface area contributed by atoms with Gasteiger partial charge in [-0.05, 0) is 61.9 Å². The molecule has 164 valence electrons. The smallest absolute Gasteiger partial charge is 0.131 e. The SMILES string of the molecule is Fc1ccc(-c2[nH]ncc2CN2CCC[C@@H](c3[nH]ncc3-c3cc(F)ccc3F)C2)cc1. The van der Waals surface area contributed by atoms with Crippen molar-refractivity contribution in [2.45, 2.75) is 25.3 Å². The van der Waals surface area contributed by atoms with E-state index in [-0.39, 0.29) is 17.3 Å². The Hall–Kier alpha value is -3.39. The molecule has 0 spiro atoms. The van der Waals surface area contributed by atoms with E-state index >= 15 is 0 Å². The first kappa shape index (κ1) is 20.5. The van der Waals surface area contributed by atoms with Crippen molar-refractivity contribution in [2.75, 3.05) is 13.1 Å². The second-order valence-electron chi connectivity index (χ2n) is 8.17. The number of likely N-dealkylation sites (tertiary alicyclic amines) is 1. The molecular formula is C24H22F3N5. The molecule has 0 saturated carbocycles. The summed E-state index contributed by atoms with van der Waals surface area (Å²) in [5.41, 5.74) is 4.42. The molecule has 8 heteroatoms. The fraction of sp³-hybridized carbons (Fsp3) is 0.250. The van der Waals surface area contributed by atoms with Crippen LogP contribution >= 0.6 is 0 Å². The van der Waals surface area contributed by atoms with E-state index in [1.807, 2.05) is 0 Å². The number of piperidine rings is 1. The van der Waals surface area contributed by atoms with Crippen molar-refractivity contribution in [3.05, 3.63) is 83.6 Å². The zero-order chi connectivity index (χ0) is 22.1. The minimum atomic E-state index is -0.480. The third-order valence-electron chi connectivity index (χ3n) is 6.05. The van der Waals surface area contributed by atoms with Gasteiger partial charge in [0.05, 0.1) is 18.1 Å². The number of halogens is 3. The van der Waals surface area contributed by atoms with E-state index in [2.05, 4.69) is 25.3 Å². The molecule has 1 aliphatic heterocycles. The van der Waals surface area contributed by atoms with Crippen LogP contribution in [0.15, 0.2) is 54.9 Å². The fourth-order valence-electron chi connectivity index (χ4n) is 4.50. The van der Waals surface area contributed by atoms with Crippen LogP contribution < -0.4 is 0 Å². The molecule has 0 aliphatic carbocycles. The van der Waals surface area contributed by atoms with Crippen LogP contribution in [0.2, 0.25) is 0 Å². The average Bonchev–Trinajstić information content (AvgIpc) is 3.46. The standard InChI is InChI=1S/C24H22F3N5/c25-18-5-3-15(4-6-18)23-17(11-28-30-23)14-32-9-1-2-16(13-32)24-21(12-29-31-24)20-10-19(26)7-8-22(20)27/h3-8,10-12,16H,1-2,9,13-14H2,(H,28,30)(H,29,31)/t16-/m1/s1. The van der Waals surface area contributed by atoms with Gasteiger partial charge in [0.2, 0.25) is 0 Å². The van der Waals surface area contributed by atoms with Crippen molar-refractivity contribution in [2.24, 2.45) is 0 Å². The molecule has 2 aromatic carbocycles. The molecule has 5 nitrogen and oxygen atoms in total. The van der Waals surface area contributed by atoms with Gasteiger partial charge >= 0.3 is 0 Å². The highest BCUT2D eigenvalue weighted by atomic mass is 19.1. The van der Waals surface area contributed by atoms with Crippen molar-refractivity contribution < 1.29 is 13.2 Å². The Labute approximate surface area is 183 Å². The molecule has 1 saturated heterocycles. The number of benzene rings is 2. The van der Waals surface area contributed by atoms with Crippen LogP contribution in [-0.4, -0.2) is 38.4 Å². The van der Waals surface area contributed by atoms with Crippen LogP contribution in [0.3, 0.4) is 0 Å². The Balaban J connectivity index is 1.36. The highest BCUT2D eigenvalue weighted by Gasteiger charge is 2.27. The lowest BCUT2D eigenvalue weighted by atomic mass is 9.90. The number of aromatic nitrogens is 4. The van der Waals surface area contributed by atoms with Gasteiger partial charge in [0.15, 0.2) is 0 Å². The van der Waals surface area contributed by atoms with E-state index in [1.54, 1.807) is 24.5 Å². The second-order valence-corrected chi connectivity index (χ2v) is 8.17. The summed E-state index contributed by atoms with van der Waals surface area (Å²) in [4.78, 5) is 2.32. The molecule has 2 N–H and O–H groups in total. The quantitative estimate of drug-likeness (QED) is 0.448. The van der Waals surface area contributed by atoms with E-state index in [0.29, 0.717) is 12.1 Å². The number of nitrogens with zero attached hydrogens (tertiary/aromatic N) is 3. The molecule has 0 unspecified atom stereocenters. The lowest BCUT2D eigenvalue weighted by Crippen LogP contribution is -2.34. The molecule has 4 aromatic rings. The average molecular weight is 437 g/mol. The van der Waals surface area contributed by atoms with Crippen LogP contribution in [0.25, 0.3) is 22.4 Å². The molecule has 0 bridgehead atoms. The van der Waals surface area contributed by atoms with Crippen LogP contribution in [0, 0.1) is 17.5 Å². The van der Waals surface area contributed by atoms with Crippen LogP contribution in [0.4, 0.5) is 13.2 Å². The summed E-state index contributed by atoms with van der Waals surface area (Å²) in [6, 6.07) is 9.80. The van der Waals surface area contributed by atoms with Gasteiger partial charge in [-0.2, -0.15) is 10.2 Å². The Morgan fingerprint density at radius 3 is 2.53 bits per heavy atom. The molecule has 3 heterocycles. The van der Waals surface area contributed by atoms with E-state index in [1.165, 1.54) is 18.2 Å². The Morgan fingerprint density at radius 2 is 1.69 bits per heavy atom. The number of aromatic amines is 2. The van der Waals surface area contributed by atoms with Gasteiger partial charge in [-0.3, -0.25) is 15.1 Å². The first-order valence-electron chi connectivity index (χ1n) is 10.6. The van der Waals surface area contributed by atoms with Crippen LogP contribution in [0.5, 0.6) is 0 Å². The summed E-state index contributed by atoms with van der Waals surface area (Å²) in [5.74, 6) is -1.11. The van der Waals surface area contributed by atoms with Gasteiger partial charge in [-0.25, -0.2) is 13.2 Å². The number of hydrogen-bond acceptors (Lipinski definition) is 3. The Kier molecular flexibility index (Phi) is 5.53. The summed E-state index contributed by atoms with van der Waals surface area (Å²) in [7, 11) is 0. The third kappa shape index (κ3) is 4.05. The monoisotopic (exact) mass is 437 g/mol. The molecule has 0 radical (unpaired) electrons. The summed E-state index contributed by atoms with van der Waals surface area (Å²) in [6.07, 6.45) is 5.26. The molecule has 1 fully saturated rings. The fourth-order valence-corrected chi connectivity index (χ4v) is 4.50. The molecule has 5 rings (SSSR count). The predicted octanol–water partition coefficient (Wildman–Crippen LogP) is 5.26. The summed E-state index contributed by atoms with van der Waals surface area (Å²) < 4.78 is 41.4. The van der Waals surface area contributed by atoms with Crippen molar-refractivity contribution in [3.63, 3.8) is 0 Å². The van der Waals surface area contributed by atoms with Gasteiger partial charge in [-0.1, -0.05) is 0 Å². The minimum Gasteiger partial charge on any atom is -0.298 e. The minimum absolute atomic E-state index is 0.116. The van der Waals surface area contributed by atoms with E-state index in [0.717, 1.165) is 60.6 Å². The van der Waals surface area contributed by atoms with Gasteiger partial charge in [-0.15, -0.1) is 0 Å². The first-order valence-corrected chi connectivity index (χ1v) is 10.6. The molecular weight excluding hydrogens is 415 g/mol. The zero-order valence-electron chi connectivity index (χ0n) is 17.3. The van der Waals surface area contributed by atoms with Crippen molar-refractivity contribution >= 4 is 0 Å². The summed E-state index contributed by atoms with van der Waals surface area (Å²) >= 11 is 0. The van der Waals surface area contributed by atoms with Crippen molar-refractivity contribution in [3.8, 4) is 22.4 Å². The van der Waals surface area contributed by atoms with E-state index in [4.69, 9.17) is 0 Å². The maximum absolute atomic E-state index is 14.4. The van der Waals surface area contributed by atoms with E-state index in [9.17, 15) is 13.2 Å². The highest BCUT2D eigenvalue weighted by Crippen LogP contribution is 2.35. The third-order valence-corrected chi connectivity index (χ3v) is 6.05. The molecule has 0 amide bonds. The predicted molar refractivity (Wildman–Crippen MR) is 115 cm³/mol. The maximum Gasteiger partial charge on any atom is 0.131 e. The summed E-state index contributed by atoms with van der Waals surface area (Å²) in [6.45, 7) is 2.35. The second kappa shape index (κ2) is 8.63. The zero-order valence-corrected chi connectivity index (χ0v) is 17.3. The number of hydrogen-bond donors (Lipinski definition) is 2. The lowest BCUT2D eigenvalue weighted by Gasteiger charge is -2.32. The summed E-state index contributed by atoms with van der Waals surface area (Å²) in [5, 5.41) is 14.4. The molecule has 32 heavy (non-hydrogen) atoms. The van der Waals surface area contributed by atoms with Crippen LogP contribution in [-0.2, 0) is 6.54 Å². The van der Waals surface area contributed by atoms with Crippen molar-refractivity contribution in [1.29, 1.82) is 0 Å². The molecule has 2 aromatic heterocycles. The number of H-pyrrole nitrogens is 2. The largest absolute Gasteiger partial charge is 0.298 e. The topological polar surface area (TPSA) is 60.6 Å². The van der Waals surface area contributed by atoms with Gasteiger partial charge in [0.25, 0.3) is 0 Å². The number of nitrogens with one attached hydrogen (secondary N) is 2. The lowest BCUT2D eigenvalue weighted by molar-refractivity contribution is 0.199. The van der Waals surface area contributed by atoms with E-state index < -0.39 is 11.6 Å². The molecule has 1 atom stereocenters. The van der Waals surface area contributed by atoms with Crippen LogP contribution in [0.1, 0.15) is 30.0 Å². The van der Waals surface area contributed by atoms with Gasteiger partial charge < -0.3 is 0 Å².